The molecule has 1 aromatic carbocycles. The van der Waals surface area contributed by atoms with Crippen LogP contribution in [0.25, 0.3) is 4.96 Å². The number of fused-ring (bicyclic) bond motifs is 1. The van der Waals surface area contributed by atoms with Gasteiger partial charge in [0.1, 0.15) is 5.75 Å². The van der Waals surface area contributed by atoms with E-state index in [1.54, 1.807) is 23.8 Å². The highest BCUT2D eigenvalue weighted by molar-refractivity contribution is 8.00. The van der Waals surface area contributed by atoms with E-state index in [-0.39, 0.29) is 5.56 Å². The van der Waals surface area contributed by atoms with E-state index in [1.807, 2.05) is 29.6 Å². The van der Waals surface area contributed by atoms with Crippen molar-refractivity contribution in [3.05, 3.63) is 58.0 Å². The first-order valence-electron chi connectivity index (χ1n) is 7.54. The fourth-order valence-electron chi connectivity index (χ4n) is 2.24. The van der Waals surface area contributed by atoms with Crippen molar-refractivity contribution in [2.45, 2.75) is 10.1 Å². The fraction of sp³-hybridized carbons (Fsp3) is 0.125. The van der Waals surface area contributed by atoms with Crippen molar-refractivity contribution >= 4 is 50.2 Å². The number of hydrogen-bond donors (Lipinski definition) is 1. The van der Waals surface area contributed by atoms with E-state index in [0.717, 1.165) is 21.5 Å². The molecule has 0 amide bonds. The molecule has 0 spiro atoms. The van der Waals surface area contributed by atoms with Gasteiger partial charge in [-0.2, -0.15) is 0 Å². The predicted octanol–water partition coefficient (Wildman–Crippen LogP) is 3.65. The molecule has 0 fully saturated rings. The molecule has 0 saturated heterocycles. The molecular formula is C16H13N5O2S3. The third-order valence-electron chi connectivity index (χ3n) is 3.43. The highest BCUT2D eigenvalue weighted by atomic mass is 32.2. The third-order valence-corrected chi connectivity index (χ3v) is 6.19. The van der Waals surface area contributed by atoms with Crippen LogP contribution in [0.3, 0.4) is 0 Å². The van der Waals surface area contributed by atoms with Gasteiger partial charge in [-0.05, 0) is 12.1 Å². The number of rotatable bonds is 6. The van der Waals surface area contributed by atoms with Crippen LogP contribution in [0, 0.1) is 0 Å². The largest absolute Gasteiger partial charge is 0.497 e. The third kappa shape index (κ3) is 3.71. The van der Waals surface area contributed by atoms with Crippen molar-refractivity contribution in [3.63, 3.8) is 0 Å². The van der Waals surface area contributed by atoms with Gasteiger partial charge in [0.05, 0.1) is 12.8 Å². The second-order valence-corrected chi connectivity index (χ2v) is 8.23. The molecule has 3 heterocycles. The van der Waals surface area contributed by atoms with Crippen LogP contribution >= 0.6 is 34.4 Å². The monoisotopic (exact) mass is 403 g/mol. The Morgan fingerprint density at radius 1 is 1.31 bits per heavy atom. The number of benzene rings is 1. The summed E-state index contributed by atoms with van der Waals surface area (Å²) in [4.78, 5) is 17.2. The number of methoxy groups -OCH3 is 1. The Bertz CT molecular complexity index is 1100. The molecule has 0 bridgehead atoms. The second kappa shape index (κ2) is 7.44. The zero-order valence-electron chi connectivity index (χ0n) is 13.6. The zero-order chi connectivity index (χ0) is 17.9. The van der Waals surface area contributed by atoms with Crippen LogP contribution in [-0.4, -0.2) is 26.7 Å². The quantitative estimate of drug-likeness (QED) is 0.492. The average molecular weight is 404 g/mol. The van der Waals surface area contributed by atoms with Gasteiger partial charge in [-0.15, -0.1) is 21.5 Å². The summed E-state index contributed by atoms with van der Waals surface area (Å²) < 4.78 is 7.56. The van der Waals surface area contributed by atoms with Crippen LogP contribution in [0.4, 0.5) is 10.8 Å². The van der Waals surface area contributed by atoms with Crippen LogP contribution in [0.1, 0.15) is 5.69 Å². The van der Waals surface area contributed by atoms with E-state index in [1.165, 1.54) is 34.4 Å². The highest BCUT2D eigenvalue weighted by Gasteiger charge is 2.08. The fourth-order valence-corrected chi connectivity index (χ4v) is 4.64. The maximum Gasteiger partial charge on any atom is 0.258 e. The molecule has 0 radical (unpaired) electrons. The van der Waals surface area contributed by atoms with Crippen molar-refractivity contribution in [3.8, 4) is 5.75 Å². The molecule has 0 unspecified atom stereocenters. The molecule has 10 heteroatoms. The topological polar surface area (TPSA) is 81.4 Å². The summed E-state index contributed by atoms with van der Waals surface area (Å²) in [7, 11) is 1.63. The summed E-state index contributed by atoms with van der Waals surface area (Å²) in [5.74, 6) is 1.34. The summed E-state index contributed by atoms with van der Waals surface area (Å²) in [6, 6.07) is 9.17. The molecule has 0 saturated carbocycles. The number of anilines is 2. The Morgan fingerprint density at radius 3 is 3.12 bits per heavy atom. The molecule has 26 heavy (non-hydrogen) atoms. The van der Waals surface area contributed by atoms with Gasteiger partial charge in [0.25, 0.3) is 5.56 Å². The van der Waals surface area contributed by atoms with Crippen LogP contribution in [0.5, 0.6) is 5.75 Å². The number of nitrogens with zero attached hydrogens (tertiary/aromatic N) is 4. The first-order valence-corrected chi connectivity index (χ1v) is 10.2. The van der Waals surface area contributed by atoms with E-state index < -0.39 is 0 Å². The molecule has 132 valence electrons. The summed E-state index contributed by atoms with van der Waals surface area (Å²) >= 11 is 4.40. The Hall–Kier alpha value is -2.43. The second-order valence-electron chi connectivity index (χ2n) is 5.16. The number of aromatic nitrogens is 4. The molecule has 7 nitrogen and oxygen atoms in total. The molecule has 0 atom stereocenters. The molecule has 0 aliphatic heterocycles. The molecule has 4 rings (SSSR count). The van der Waals surface area contributed by atoms with Gasteiger partial charge < -0.3 is 10.1 Å². The number of ether oxygens (including phenoxy) is 1. The minimum Gasteiger partial charge on any atom is -0.497 e. The van der Waals surface area contributed by atoms with Gasteiger partial charge in [-0.3, -0.25) is 9.20 Å². The lowest BCUT2D eigenvalue weighted by atomic mass is 10.3. The minimum absolute atomic E-state index is 0.0653. The smallest absolute Gasteiger partial charge is 0.258 e. The Labute approximate surface area is 160 Å². The maximum atomic E-state index is 12.0. The van der Waals surface area contributed by atoms with Gasteiger partial charge in [-0.1, -0.05) is 29.2 Å². The van der Waals surface area contributed by atoms with Crippen molar-refractivity contribution < 1.29 is 4.74 Å². The maximum absolute atomic E-state index is 12.0. The van der Waals surface area contributed by atoms with Crippen molar-refractivity contribution in [2.75, 3.05) is 12.4 Å². The lowest BCUT2D eigenvalue weighted by Gasteiger charge is -2.04. The first kappa shape index (κ1) is 17.0. The lowest BCUT2D eigenvalue weighted by Crippen LogP contribution is -2.12. The van der Waals surface area contributed by atoms with Gasteiger partial charge >= 0.3 is 0 Å². The summed E-state index contributed by atoms with van der Waals surface area (Å²) in [6.45, 7) is 0. The van der Waals surface area contributed by atoms with E-state index in [2.05, 4.69) is 20.5 Å². The highest BCUT2D eigenvalue weighted by Crippen LogP contribution is 2.30. The summed E-state index contributed by atoms with van der Waals surface area (Å²) in [5, 5.41) is 14.1. The normalized spacial score (nSPS) is 11.0. The van der Waals surface area contributed by atoms with E-state index in [9.17, 15) is 4.79 Å². The van der Waals surface area contributed by atoms with Crippen LogP contribution < -0.4 is 15.6 Å². The average Bonchev–Trinajstić information content (AvgIpc) is 3.29. The van der Waals surface area contributed by atoms with Crippen molar-refractivity contribution in [1.29, 1.82) is 0 Å². The van der Waals surface area contributed by atoms with E-state index in [0.29, 0.717) is 15.8 Å². The minimum atomic E-state index is -0.0653. The number of hydrogen-bond acceptors (Lipinski definition) is 9. The van der Waals surface area contributed by atoms with E-state index in [4.69, 9.17) is 4.74 Å². The van der Waals surface area contributed by atoms with Gasteiger partial charge in [0, 0.05) is 35.1 Å². The summed E-state index contributed by atoms with van der Waals surface area (Å²) in [6.07, 6.45) is 1.73. The van der Waals surface area contributed by atoms with Crippen LogP contribution in [0.2, 0.25) is 0 Å². The Morgan fingerprint density at radius 2 is 2.23 bits per heavy atom. The summed E-state index contributed by atoms with van der Waals surface area (Å²) in [5.41, 5.74) is 1.55. The first-order chi connectivity index (χ1) is 12.7. The van der Waals surface area contributed by atoms with Gasteiger partial charge in [0.15, 0.2) is 9.30 Å². The molecule has 3 aromatic heterocycles. The Balaban J connectivity index is 1.43. The molecule has 0 aliphatic carbocycles. The Kier molecular flexibility index (Phi) is 4.87. The standard InChI is InChI=1S/C16H13N5O2S3/c1-23-12-4-2-3-10(7-12)17-14-19-20-16(26-14)25-9-11-8-13(22)21-5-6-24-15(21)18-11/h2-8H,9H2,1H3,(H,17,19). The SMILES string of the molecule is COc1cccc(Nc2nnc(SCc3cc(=O)n4ccsc4n3)s2)c1. The number of nitrogens with one attached hydrogen (secondary N) is 1. The molecular weight excluding hydrogens is 390 g/mol. The molecule has 4 aromatic rings. The van der Waals surface area contributed by atoms with Gasteiger partial charge in [0.2, 0.25) is 5.13 Å². The van der Waals surface area contributed by atoms with Crippen molar-refractivity contribution in [2.24, 2.45) is 0 Å². The predicted molar refractivity (Wildman–Crippen MR) is 105 cm³/mol. The molecule has 1 N–H and O–H groups in total. The number of thioether (sulfide) groups is 1. The lowest BCUT2D eigenvalue weighted by molar-refractivity contribution is 0.415. The van der Waals surface area contributed by atoms with Crippen LogP contribution in [0.15, 0.2) is 51.0 Å². The van der Waals surface area contributed by atoms with Gasteiger partial charge in [-0.25, -0.2) is 4.98 Å². The molecule has 0 aliphatic rings. The zero-order valence-corrected chi connectivity index (χ0v) is 16.0. The van der Waals surface area contributed by atoms with E-state index >= 15 is 0 Å². The number of thiazole rings is 1. The van der Waals surface area contributed by atoms with Crippen molar-refractivity contribution in [1.82, 2.24) is 19.6 Å². The van der Waals surface area contributed by atoms with Crippen LogP contribution in [-0.2, 0) is 5.75 Å².